The number of rotatable bonds is 7. The van der Waals surface area contributed by atoms with Crippen LogP contribution in [0.4, 0.5) is 0 Å². The Labute approximate surface area is 97.5 Å². The molecule has 0 aromatic carbocycles. The molecule has 0 aliphatic carbocycles. The van der Waals surface area contributed by atoms with Gasteiger partial charge in [0.2, 0.25) is 5.12 Å². The molecule has 3 heteroatoms. The molecule has 2 nitrogen and oxygen atoms in total. The van der Waals surface area contributed by atoms with Gasteiger partial charge in [-0.3, -0.25) is 4.79 Å². The normalized spacial score (nSPS) is 14.7. The van der Waals surface area contributed by atoms with E-state index in [9.17, 15) is 4.79 Å². The van der Waals surface area contributed by atoms with Crippen LogP contribution in [0.1, 0.15) is 46.5 Å². The first-order valence-corrected chi connectivity index (χ1v) is 6.27. The summed E-state index contributed by atoms with van der Waals surface area (Å²) in [5.41, 5.74) is 0.589. The Bertz CT molecular complexity index is 220. The van der Waals surface area contributed by atoms with Gasteiger partial charge in [-0.1, -0.05) is 26.8 Å². The molecule has 0 heterocycles. The molecule has 0 saturated heterocycles. The summed E-state index contributed by atoms with van der Waals surface area (Å²) in [6.45, 7) is 9.60. The van der Waals surface area contributed by atoms with Crippen LogP contribution < -0.4 is 0 Å². The molecule has 0 aliphatic heterocycles. The lowest BCUT2D eigenvalue weighted by atomic mass is 10.1. The first-order valence-electron chi connectivity index (χ1n) is 5.45. The molecular formula is C12H22O2S. The molecule has 0 aromatic rings. The number of ether oxygens (including phenoxy) is 1. The predicted octanol–water partition coefficient (Wildman–Crippen LogP) is 3.77. The second-order valence-corrected chi connectivity index (χ2v) is 5.06. The SMILES string of the molecule is C=C(C)C(=O)SC(CC)(CCCC)OC. The monoisotopic (exact) mass is 230 g/mol. The van der Waals surface area contributed by atoms with Gasteiger partial charge in [0.05, 0.1) is 0 Å². The molecule has 0 N–H and O–H groups in total. The van der Waals surface area contributed by atoms with E-state index < -0.39 is 0 Å². The van der Waals surface area contributed by atoms with E-state index in [0.29, 0.717) is 5.57 Å². The zero-order chi connectivity index (χ0) is 11.9. The molecule has 0 bridgehead atoms. The third-order valence-corrected chi connectivity index (χ3v) is 4.01. The van der Waals surface area contributed by atoms with Crippen LogP contribution in [0.2, 0.25) is 0 Å². The minimum atomic E-state index is -0.355. The van der Waals surface area contributed by atoms with Crippen LogP contribution in [-0.2, 0) is 9.53 Å². The van der Waals surface area contributed by atoms with E-state index in [0.717, 1.165) is 25.7 Å². The fourth-order valence-corrected chi connectivity index (χ4v) is 2.28. The van der Waals surface area contributed by atoms with E-state index in [1.807, 2.05) is 0 Å². The Morgan fingerprint density at radius 2 is 2.07 bits per heavy atom. The molecule has 0 rings (SSSR count). The first kappa shape index (κ1) is 14.7. The molecule has 0 radical (unpaired) electrons. The van der Waals surface area contributed by atoms with Gasteiger partial charge in [0.1, 0.15) is 4.93 Å². The molecule has 0 spiro atoms. The van der Waals surface area contributed by atoms with E-state index in [1.54, 1.807) is 14.0 Å². The van der Waals surface area contributed by atoms with Gasteiger partial charge in [0, 0.05) is 7.11 Å². The van der Waals surface area contributed by atoms with Gasteiger partial charge in [0.15, 0.2) is 0 Å². The van der Waals surface area contributed by atoms with Crippen molar-refractivity contribution in [2.75, 3.05) is 7.11 Å². The number of hydrogen-bond acceptors (Lipinski definition) is 3. The molecule has 0 saturated carbocycles. The van der Waals surface area contributed by atoms with E-state index in [-0.39, 0.29) is 10.0 Å². The fraction of sp³-hybridized carbons (Fsp3) is 0.750. The average molecular weight is 230 g/mol. The number of unbranched alkanes of at least 4 members (excludes halogenated alkanes) is 1. The van der Waals surface area contributed by atoms with Gasteiger partial charge in [-0.2, -0.15) is 0 Å². The van der Waals surface area contributed by atoms with Gasteiger partial charge >= 0.3 is 0 Å². The molecule has 15 heavy (non-hydrogen) atoms. The van der Waals surface area contributed by atoms with Crippen molar-refractivity contribution in [3.63, 3.8) is 0 Å². The maximum Gasteiger partial charge on any atom is 0.217 e. The van der Waals surface area contributed by atoms with Gasteiger partial charge in [-0.05, 0) is 43.5 Å². The summed E-state index contributed by atoms with van der Waals surface area (Å²) < 4.78 is 5.51. The zero-order valence-electron chi connectivity index (χ0n) is 10.3. The van der Waals surface area contributed by atoms with Crippen LogP contribution in [0.25, 0.3) is 0 Å². The van der Waals surface area contributed by atoms with Crippen molar-refractivity contribution in [2.24, 2.45) is 0 Å². The lowest BCUT2D eigenvalue weighted by Crippen LogP contribution is -2.28. The number of carbonyl (C=O) groups excluding carboxylic acids is 1. The third kappa shape index (κ3) is 4.85. The minimum Gasteiger partial charge on any atom is -0.367 e. The maximum absolute atomic E-state index is 11.6. The van der Waals surface area contributed by atoms with Crippen LogP contribution in [0.5, 0.6) is 0 Å². The molecule has 1 unspecified atom stereocenters. The lowest BCUT2D eigenvalue weighted by molar-refractivity contribution is -0.108. The van der Waals surface area contributed by atoms with Crippen LogP contribution >= 0.6 is 11.8 Å². The summed E-state index contributed by atoms with van der Waals surface area (Å²) in [5.74, 6) is 0. The molecule has 0 amide bonds. The Kier molecular flexibility index (Phi) is 6.94. The minimum absolute atomic E-state index is 0.0369. The maximum atomic E-state index is 11.6. The molecular weight excluding hydrogens is 208 g/mol. The third-order valence-electron chi connectivity index (χ3n) is 2.45. The van der Waals surface area contributed by atoms with Crippen molar-refractivity contribution in [2.45, 2.75) is 51.4 Å². The van der Waals surface area contributed by atoms with E-state index in [4.69, 9.17) is 4.74 Å². The molecule has 0 aromatic heterocycles. The van der Waals surface area contributed by atoms with Gasteiger partial charge in [-0.15, -0.1) is 0 Å². The summed E-state index contributed by atoms with van der Waals surface area (Å²) in [6.07, 6.45) is 3.96. The Morgan fingerprint density at radius 1 is 1.47 bits per heavy atom. The van der Waals surface area contributed by atoms with Gasteiger partial charge in [-0.25, -0.2) is 0 Å². The summed E-state index contributed by atoms with van der Waals surface area (Å²) in [4.78, 5) is 11.3. The summed E-state index contributed by atoms with van der Waals surface area (Å²) >= 11 is 1.28. The standard InChI is InChI=1S/C12H22O2S/c1-6-8-9-12(7-2,14-5)15-11(13)10(3)4/h3,6-9H2,1-2,4-5H3. The molecule has 0 fully saturated rings. The second kappa shape index (κ2) is 7.07. The number of thioether (sulfide) groups is 1. The van der Waals surface area contributed by atoms with E-state index in [2.05, 4.69) is 20.4 Å². The van der Waals surface area contributed by atoms with Crippen LogP contribution in [-0.4, -0.2) is 17.2 Å². The summed E-state index contributed by atoms with van der Waals surface area (Å²) in [7, 11) is 1.68. The van der Waals surface area contributed by atoms with E-state index in [1.165, 1.54) is 11.8 Å². The van der Waals surface area contributed by atoms with Crippen molar-refractivity contribution in [3.8, 4) is 0 Å². The highest BCUT2D eigenvalue weighted by Gasteiger charge is 2.31. The van der Waals surface area contributed by atoms with Crippen molar-refractivity contribution >= 4 is 16.9 Å². The highest BCUT2D eigenvalue weighted by molar-refractivity contribution is 8.15. The number of hydrogen-bond donors (Lipinski definition) is 0. The van der Waals surface area contributed by atoms with Crippen molar-refractivity contribution < 1.29 is 9.53 Å². The fourth-order valence-electron chi connectivity index (χ4n) is 1.29. The molecule has 88 valence electrons. The highest BCUT2D eigenvalue weighted by Crippen LogP contribution is 2.36. The van der Waals surface area contributed by atoms with Crippen molar-refractivity contribution in [3.05, 3.63) is 12.2 Å². The first-order chi connectivity index (χ1) is 7.01. The van der Waals surface area contributed by atoms with Crippen molar-refractivity contribution in [1.82, 2.24) is 0 Å². The topological polar surface area (TPSA) is 26.3 Å². The van der Waals surface area contributed by atoms with Crippen LogP contribution in [0, 0.1) is 0 Å². The largest absolute Gasteiger partial charge is 0.367 e. The highest BCUT2D eigenvalue weighted by atomic mass is 32.2. The number of methoxy groups -OCH3 is 1. The summed E-state index contributed by atoms with van der Waals surface area (Å²) in [5, 5.41) is 0.0369. The van der Waals surface area contributed by atoms with E-state index >= 15 is 0 Å². The zero-order valence-corrected chi connectivity index (χ0v) is 11.1. The van der Waals surface area contributed by atoms with Crippen LogP contribution in [0.15, 0.2) is 12.2 Å². The van der Waals surface area contributed by atoms with Crippen molar-refractivity contribution in [1.29, 1.82) is 0 Å². The average Bonchev–Trinajstić information content (AvgIpc) is 2.24. The number of carbonyl (C=O) groups is 1. The predicted molar refractivity (Wildman–Crippen MR) is 67.0 cm³/mol. The van der Waals surface area contributed by atoms with Crippen LogP contribution in [0.3, 0.4) is 0 Å². The second-order valence-electron chi connectivity index (χ2n) is 3.74. The molecule has 0 aliphatic rings. The Hall–Kier alpha value is -0.280. The van der Waals surface area contributed by atoms with Gasteiger partial charge < -0.3 is 4.74 Å². The summed E-state index contributed by atoms with van der Waals surface area (Å²) in [6, 6.07) is 0. The Morgan fingerprint density at radius 3 is 2.40 bits per heavy atom. The van der Waals surface area contributed by atoms with Gasteiger partial charge in [0.25, 0.3) is 0 Å². The molecule has 1 atom stereocenters. The lowest BCUT2D eigenvalue weighted by Gasteiger charge is -2.29. The smallest absolute Gasteiger partial charge is 0.217 e. The Balaban J connectivity index is 4.48. The quantitative estimate of drug-likeness (QED) is 0.492.